The fourth-order valence-electron chi connectivity index (χ4n) is 8.18. The number of carbonyl (C=O) groups excluding carboxylic acids is 2. The predicted molar refractivity (Wildman–Crippen MR) is 144 cm³/mol. The van der Waals surface area contributed by atoms with Crippen LogP contribution in [-0.2, 0) is 9.53 Å². The molecule has 6 fully saturated rings. The second-order valence-electron chi connectivity index (χ2n) is 12.5. The van der Waals surface area contributed by atoms with Crippen LogP contribution in [0.15, 0.2) is 17.2 Å². The van der Waals surface area contributed by atoms with Gasteiger partial charge in [0.25, 0.3) is 5.91 Å². The quantitative estimate of drug-likeness (QED) is 0.502. The van der Waals surface area contributed by atoms with Crippen molar-refractivity contribution in [2.75, 3.05) is 25.1 Å². The summed E-state index contributed by atoms with van der Waals surface area (Å²) in [6.07, 6.45) is 12.4. The van der Waals surface area contributed by atoms with Crippen molar-refractivity contribution < 1.29 is 19.4 Å². The Kier molecular flexibility index (Phi) is 7.16. The molecule has 2 heterocycles. The molecule has 1 aromatic rings. The normalized spacial score (nSPS) is 35.1. The molecule has 37 heavy (non-hydrogen) atoms. The third-order valence-corrected chi connectivity index (χ3v) is 11.1. The summed E-state index contributed by atoms with van der Waals surface area (Å²) in [6, 6.07) is 4.12. The van der Waals surface area contributed by atoms with Gasteiger partial charge in [-0.25, -0.2) is 4.98 Å². The lowest BCUT2D eigenvalue weighted by molar-refractivity contribution is -0.141. The summed E-state index contributed by atoms with van der Waals surface area (Å²) in [6.45, 7) is 1.65. The SMILES string of the molecule is COC(=O)C[C@@H]1CCN(c2ccc(C(=O)NC3[C@H]4CC5C[C@H]3CC(O)(C5)C4)c(SC3CCCCC3)n2)C1. The molecule has 2 N–H and O–H groups in total. The van der Waals surface area contributed by atoms with E-state index in [0.717, 1.165) is 62.5 Å². The molecule has 0 radical (unpaired) electrons. The third kappa shape index (κ3) is 5.38. The maximum atomic E-state index is 13.7. The largest absolute Gasteiger partial charge is 0.469 e. The Balaban J connectivity index is 1.20. The molecule has 7 nitrogen and oxygen atoms in total. The molecule has 5 aliphatic carbocycles. The number of methoxy groups -OCH3 is 1. The Hall–Kier alpha value is -1.80. The minimum absolute atomic E-state index is 0.00758. The van der Waals surface area contributed by atoms with Gasteiger partial charge in [-0.2, -0.15) is 0 Å². The van der Waals surface area contributed by atoms with Crippen LogP contribution in [0.2, 0.25) is 0 Å². The van der Waals surface area contributed by atoms with Gasteiger partial charge in [0.2, 0.25) is 0 Å². The number of nitrogens with zero attached hydrogens (tertiary/aromatic N) is 2. The highest BCUT2D eigenvalue weighted by atomic mass is 32.2. The molecule has 1 amide bonds. The van der Waals surface area contributed by atoms with E-state index in [4.69, 9.17) is 9.72 Å². The highest BCUT2D eigenvalue weighted by Crippen LogP contribution is 2.55. The van der Waals surface area contributed by atoms with Crippen molar-refractivity contribution in [2.24, 2.45) is 23.7 Å². The Bertz CT molecular complexity index is 1010. The van der Waals surface area contributed by atoms with E-state index >= 15 is 0 Å². The van der Waals surface area contributed by atoms with Crippen LogP contribution < -0.4 is 10.2 Å². The van der Waals surface area contributed by atoms with Gasteiger partial charge < -0.3 is 20.1 Å². The molecule has 6 aliphatic rings. The fraction of sp³-hybridized carbons (Fsp3) is 0.759. The number of ether oxygens (including phenoxy) is 1. The summed E-state index contributed by atoms with van der Waals surface area (Å²) in [5, 5.41) is 15.7. The number of rotatable bonds is 7. The van der Waals surface area contributed by atoms with Crippen molar-refractivity contribution in [1.29, 1.82) is 0 Å². The molecule has 202 valence electrons. The monoisotopic (exact) mass is 527 g/mol. The average molecular weight is 528 g/mol. The first-order valence-corrected chi connectivity index (χ1v) is 15.3. The summed E-state index contributed by atoms with van der Waals surface area (Å²) in [5.41, 5.74) is 0.196. The van der Waals surface area contributed by atoms with Crippen molar-refractivity contribution >= 4 is 29.5 Å². The number of esters is 1. The lowest BCUT2D eigenvalue weighted by Gasteiger charge is -2.58. The van der Waals surface area contributed by atoms with Gasteiger partial charge in [-0.15, -0.1) is 11.8 Å². The van der Waals surface area contributed by atoms with Crippen molar-refractivity contribution in [3.8, 4) is 0 Å². The number of carbonyl (C=O) groups is 2. The van der Waals surface area contributed by atoms with E-state index in [9.17, 15) is 14.7 Å². The van der Waals surface area contributed by atoms with Gasteiger partial charge in [-0.05, 0) is 87.2 Å². The van der Waals surface area contributed by atoms with E-state index in [2.05, 4.69) is 10.2 Å². The summed E-state index contributed by atoms with van der Waals surface area (Å²) in [5.74, 6) is 2.41. The summed E-state index contributed by atoms with van der Waals surface area (Å²) >= 11 is 1.78. The van der Waals surface area contributed by atoms with Crippen molar-refractivity contribution in [2.45, 2.75) is 99.0 Å². The van der Waals surface area contributed by atoms with Gasteiger partial charge in [0.1, 0.15) is 10.8 Å². The first-order valence-electron chi connectivity index (χ1n) is 14.4. The zero-order chi connectivity index (χ0) is 25.6. The lowest BCUT2D eigenvalue weighted by atomic mass is 9.52. The standard InChI is InChI=1S/C29H41N3O4S/c1-36-25(33)13-18-9-10-32(17-18)24-8-7-23(28(30-24)37-22-5-3-2-4-6-22)27(34)31-26-20-11-19-12-21(26)16-29(35,14-19)15-20/h7-8,18-22,26,35H,2-6,9-17H2,1H3,(H,31,34)/t18-,19?,20-,21-,26?,29?/m0/s1. The fourth-order valence-corrected chi connectivity index (χ4v) is 9.50. The Morgan fingerprint density at radius 1 is 1.14 bits per heavy atom. The number of hydrogen-bond donors (Lipinski definition) is 2. The Morgan fingerprint density at radius 2 is 1.89 bits per heavy atom. The van der Waals surface area contributed by atoms with E-state index in [1.807, 2.05) is 12.1 Å². The van der Waals surface area contributed by atoms with Crippen LogP contribution in [0, 0.1) is 23.7 Å². The maximum Gasteiger partial charge on any atom is 0.305 e. The van der Waals surface area contributed by atoms with E-state index in [-0.39, 0.29) is 23.8 Å². The maximum absolute atomic E-state index is 13.7. The number of pyridine rings is 1. The Labute approximate surface area is 224 Å². The van der Waals surface area contributed by atoms with Gasteiger partial charge >= 0.3 is 5.97 Å². The van der Waals surface area contributed by atoms with Crippen molar-refractivity contribution in [3.63, 3.8) is 0 Å². The number of hydrogen-bond acceptors (Lipinski definition) is 7. The number of amides is 1. The molecule has 0 aromatic carbocycles. The van der Waals surface area contributed by atoms with E-state index in [0.29, 0.717) is 35.0 Å². The molecule has 4 bridgehead atoms. The van der Waals surface area contributed by atoms with Gasteiger partial charge in [0.05, 0.1) is 24.7 Å². The molecule has 1 aliphatic heterocycles. The molecule has 0 unspecified atom stereocenters. The smallest absolute Gasteiger partial charge is 0.305 e. The minimum Gasteiger partial charge on any atom is -0.469 e. The predicted octanol–water partition coefficient (Wildman–Crippen LogP) is 4.57. The van der Waals surface area contributed by atoms with Crippen LogP contribution in [0.1, 0.15) is 87.4 Å². The third-order valence-electron chi connectivity index (χ3n) is 9.75. The van der Waals surface area contributed by atoms with Gasteiger partial charge in [-0.1, -0.05) is 19.3 Å². The molecule has 8 heteroatoms. The highest BCUT2D eigenvalue weighted by molar-refractivity contribution is 7.99. The highest BCUT2D eigenvalue weighted by Gasteiger charge is 2.55. The molecule has 1 aromatic heterocycles. The van der Waals surface area contributed by atoms with E-state index in [1.165, 1.54) is 39.2 Å². The summed E-state index contributed by atoms with van der Waals surface area (Å²) in [7, 11) is 1.44. The molecule has 1 saturated heterocycles. The van der Waals surface area contributed by atoms with Crippen molar-refractivity contribution in [1.82, 2.24) is 10.3 Å². The summed E-state index contributed by atoms with van der Waals surface area (Å²) in [4.78, 5) is 32.8. The number of thioether (sulfide) groups is 1. The van der Waals surface area contributed by atoms with Gasteiger partial charge in [0, 0.05) is 24.4 Å². The minimum atomic E-state index is -0.496. The molecule has 5 saturated carbocycles. The van der Waals surface area contributed by atoms with Crippen LogP contribution in [0.25, 0.3) is 0 Å². The second-order valence-corrected chi connectivity index (χ2v) is 13.8. The van der Waals surface area contributed by atoms with Crippen LogP contribution in [0.5, 0.6) is 0 Å². The van der Waals surface area contributed by atoms with Crippen LogP contribution in [-0.4, -0.2) is 59.1 Å². The van der Waals surface area contributed by atoms with Gasteiger partial charge in [0.15, 0.2) is 0 Å². The molecule has 7 rings (SSSR count). The molecule has 0 spiro atoms. The average Bonchev–Trinajstić information content (AvgIpc) is 3.34. The van der Waals surface area contributed by atoms with Crippen LogP contribution >= 0.6 is 11.8 Å². The number of aromatic nitrogens is 1. The second kappa shape index (κ2) is 10.4. The van der Waals surface area contributed by atoms with Crippen LogP contribution in [0.3, 0.4) is 0 Å². The molecular formula is C29H41N3O4S. The number of aliphatic hydroxyl groups is 1. The molecule has 3 atom stereocenters. The topological polar surface area (TPSA) is 91.8 Å². The van der Waals surface area contributed by atoms with Crippen molar-refractivity contribution in [3.05, 3.63) is 17.7 Å². The zero-order valence-corrected chi connectivity index (χ0v) is 22.8. The number of anilines is 1. The first-order chi connectivity index (χ1) is 17.9. The zero-order valence-electron chi connectivity index (χ0n) is 22.0. The summed E-state index contributed by atoms with van der Waals surface area (Å²) < 4.78 is 4.87. The van der Waals surface area contributed by atoms with Gasteiger partial charge in [-0.3, -0.25) is 9.59 Å². The Morgan fingerprint density at radius 3 is 2.59 bits per heavy atom. The van der Waals surface area contributed by atoms with Crippen LogP contribution in [0.4, 0.5) is 5.82 Å². The van der Waals surface area contributed by atoms with E-state index < -0.39 is 5.60 Å². The first kappa shape index (κ1) is 25.5. The molecular weight excluding hydrogens is 486 g/mol. The lowest BCUT2D eigenvalue weighted by Crippen LogP contribution is -2.61. The van der Waals surface area contributed by atoms with E-state index in [1.54, 1.807) is 11.8 Å². The number of nitrogens with one attached hydrogen (secondary N) is 1.